The molecule has 1 saturated heterocycles. The summed E-state index contributed by atoms with van der Waals surface area (Å²) in [6, 6.07) is 10.4. The molecule has 0 atom stereocenters. The number of rotatable bonds is 5. The molecule has 0 saturated carbocycles. The van der Waals surface area contributed by atoms with Crippen molar-refractivity contribution in [3.05, 3.63) is 52.4 Å². The highest BCUT2D eigenvalue weighted by atomic mass is 16.3. The molecule has 0 unspecified atom stereocenters. The number of H-pyrrole nitrogens is 1. The summed E-state index contributed by atoms with van der Waals surface area (Å²) < 4.78 is 1.39. The lowest BCUT2D eigenvalue weighted by Crippen LogP contribution is -2.45. The minimum absolute atomic E-state index is 0.000267. The maximum atomic E-state index is 12.5. The number of hydrogen-bond acceptors (Lipinski definition) is 6. The first-order valence-corrected chi connectivity index (χ1v) is 10.2. The van der Waals surface area contributed by atoms with Gasteiger partial charge in [-0.1, -0.05) is 13.8 Å². The molecule has 0 spiro atoms. The smallest absolute Gasteiger partial charge is 0.348 e. The first-order chi connectivity index (χ1) is 14.9. The number of piperazine rings is 1. The summed E-state index contributed by atoms with van der Waals surface area (Å²) >= 11 is 0. The van der Waals surface area contributed by atoms with Crippen LogP contribution in [0.15, 0.2) is 41.2 Å². The van der Waals surface area contributed by atoms with Crippen molar-refractivity contribution < 1.29 is 15.0 Å². The molecule has 2 aromatic carbocycles. The molecule has 0 radical (unpaired) electrons. The number of anilines is 1. The van der Waals surface area contributed by atoms with E-state index in [0.717, 1.165) is 25.2 Å². The van der Waals surface area contributed by atoms with Crippen molar-refractivity contribution in [3.8, 4) is 28.6 Å². The fraction of sp³-hybridized carbons (Fsp3) is 0.318. The zero-order valence-corrected chi connectivity index (χ0v) is 17.4. The third kappa shape index (κ3) is 3.86. The number of nitrogens with zero attached hydrogens (tertiary/aromatic N) is 4. The summed E-state index contributed by atoms with van der Waals surface area (Å²) in [5.74, 6) is 0.126. The zero-order valence-electron chi connectivity index (χ0n) is 17.4. The number of carbonyl (C=O) groups is 1. The number of amides is 1. The highest BCUT2D eigenvalue weighted by molar-refractivity contribution is 5.69. The largest absolute Gasteiger partial charge is 0.508 e. The zero-order chi connectivity index (χ0) is 22.1. The topological polar surface area (TPSA) is 115 Å². The Morgan fingerprint density at radius 3 is 2.26 bits per heavy atom. The number of nitrogens with one attached hydrogen (secondary N) is 1. The van der Waals surface area contributed by atoms with Crippen LogP contribution in [-0.2, 0) is 4.79 Å². The maximum Gasteiger partial charge on any atom is 0.348 e. The number of phenols is 2. The summed E-state index contributed by atoms with van der Waals surface area (Å²) in [6.07, 6.45) is 0.872. The second-order valence-electron chi connectivity index (χ2n) is 7.92. The van der Waals surface area contributed by atoms with Crippen molar-refractivity contribution in [1.29, 1.82) is 0 Å². The minimum atomic E-state index is -0.430. The molecule has 1 aromatic heterocycles. The summed E-state index contributed by atoms with van der Waals surface area (Å²) in [6.45, 7) is 6.70. The first kappa shape index (κ1) is 20.5. The van der Waals surface area contributed by atoms with Crippen molar-refractivity contribution in [3.63, 3.8) is 0 Å². The molecule has 2 heterocycles. The highest BCUT2D eigenvalue weighted by Crippen LogP contribution is 2.37. The molecule has 1 amide bonds. The number of phenolic OH excluding ortho intramolecular Hbond substituents is 2. The quantitative estimate of drug-likeness (QED) is 0.541. The SMILES string of the molecule is CC(C)c1cc(-c2n[nH]c(=O)n2-c2ccc(N3CCN(C=O)CC3)cc2)c(O)cc1O. The van der Waals surface area contributed by atoms with Gasteiger partial charge in [0.25, 0.3) is 0 Å². The molecule has 9 heteroatoms. The van der Waals surface area contributed by atoms with Crippen LogP contribution >= 0.6 is 0 Å². The Morgan fingerprint density at radius 2 is 1.65 bits per heavy atom. The van der Waals surface area contributed by atoms with Gasteiger partial charge in [-0.05, 0) is 41.8 Å². The maximum absolute atomic E-state index is 12.5. The average Bonchev–Trinajstić information content (AvgIpc) is 3.15. The van der Waals surface area contributed by atoms with Gasteiger partial charge < -0.3 is 20.0 Å². The molecule has 0 aliphatic carbocycles. The Bertz CT molecular complexity index is 1140. The molecule has 4 rings (SSSR count). The molecule has 1 aliphatic heterocycles. The Labute approximate surface area is 179 Å². The second kappa shape index (κ2) is 8.17. The van der Waals surface area contributed by atoms with Gasteiger partial charge in [-0.3, -0.25) is 4.79 Å². The van der Waals surface area contributed by atoms with Crippen LogP contribution in [-0.4, -0.2) is 62.5 Å². The molecule has 162 valence electrons. The predicted octanol–water partition coefficient (Wildman–Crippen LogP) is 2.04. The van der Waals surface area contributed by atoms with E-state index in [1.165, 1.54) is 10.6 Å². The molecule has 9 nitrogen and oxygen atoms in total. The van der Waals surface area contributed by atoms with Crippen molar-refractivity contribution in [2.24, 2.45) is 0 Å². The number of carbonyl (C=O) groups excluding carboxylic acids is 1. The third-order valence-corrected chi connectivity index (χ3v) is 5.62. The summed E-state index contributed by atoms with van der Waals surface area (Å²) in [7, 11) is 0. The van der Waals surface area contributed by atoms with Crippen LogP contribution in [0.3, 0.4) is 0 Å². The van der Waals surface area contributed by atoms with E-state index >= 15 is 0 Å². The lowest BCUT2D eigenvalue weighted by Gasteiger charge is -2.34. The van der Waals surface area contributed by atoms with E-state index in [0.29, 0.717) is 29.9 Å². The number of benzene rings is 2. The van der Waals surface area contributed by atoms with Crippen LogP contribution in [0.2, 0.25) is 0 Å². The molecule has 1 fully saturated rings. The Hall–Kier alpha value is -3.75. The number of hydrogen-bond donors (Lipinski definition) is 3. The van der Waals surface area contributed by atoms with Gasteiger partial charge in [0.15, 0.2) is 5.82 Å². The second-order valence-corrected chi connectivity index (χ2v) is 7.92. The molecule has 3 N–H and O–H groups in total. The van der Waals surface area contributed by atoms with E-state index in [-0.39, 0.29) is 23.2 Å². The van der Waals surface area contributed by atoms with Crippen molar-refractivity contribution in [2.45, 2.75) is 19.8 Å². The lowest BCUT2D eigenvalue weighted by molar-refractivity contribution is -0.118. The summed E-state index contributed by atoms with van der Waals surface area (Å²) in [4.78, 5) is 27.4. The molecule has 3 aromatic rings. The Kier molecular flexibility index (Phi) is 5.41. The van der Waals surface area contributed by atoms with Crippen LogP contribution < -0.4 is 10.6 Å². The average molecular weight is 423 g/mol. The van der Waals surface area contributed by atoms with Crippen LogP contribution in [0, 0.1) is 0 Å². The van der Waals surface area contributed by atoms with Crippen LogP contribution in [0.5, 0.6) is 11.5 Å². The fourth-order valence-corrected chi connectivity index (χ4v) is 3.85. The van der Waals surface area contributed by atoms with Crippen LogP contribution in [0.25, 0.3) is 17.1 Å². The van der Waals surface area contributed by atoms with Gasteiger partial charge in [-0.15, -0.1) is 0 Å². The Morgan fingerprint density at radius 1 is 1.00 bits per heavy atom. The van der Waals surface area contributed by atoms with Crippen molar-refractivity contribution in [2.75, 3.05) is 31.1 Å². The van der Waals surface area contributed by atoms with Crippen LogP contribution in [0.1, 0.15) is 25.3 Å². The summed E-state index contributed by atoms with van der Waals surface area (Å²) in [5, 5.41) is 27.1. The van der Waals surface area contributed by atoms with E-state index in [9.17, 15) is 19.8 Å². The lowest BCUT2D eigenvalue weighted by atomic mass is 9.98. The van der Waals surface area contributed by atoms with E-state index < -0.39 is 5.69 Å². The van der Waals surface area contributed by atoms with Gasteiger partial charge in [-0.2, -0.15) is 5.10 Å². The van der Waals surface area contributed by atoms with Crippen molar-refractivity contribution in [1.82, 2.24) is 19.7 Å². The molecule has 1 aliphatic rings. The minimum Gasteiger partial charge on any atom is -0.508 e. The van der Waals surface area contributed by atoms with E-state index in [2.05, 4.69) is 15.1 Å². The predicted molar refractivity (Wildman–Crippen MR) is 117 cm³/mol. The third-order valence-electron chi connectivity index (χ3n) is 5.62. The van der Waals surface area contributed by atoms with Gasteiger partial charge in [0.05, 0.1) is 11.3 Å². The number of aromatic hydroxyl groups is 2. The van der Waals surface area contributed by atoms with E-state index in [4.69, 9.17) is 0 Å². The van der Waals surface area contributed by atoms with Gasteiger partial charge in [0.2, 0.25) is 6.41 Å². The number of aromatic nitrogens is 3. The first-order valence-electron chi connectivity index (χ1n) is 10.2. The Balaban J connectivity index is 1.69. The van der Waals surface area contributed by atoms with Crippen molar-refractivity contribution >= 4 is 12.1 Å². The van der Waals surface area contributed by atoms with E-state index in [1.807, 2.05) is 38.1 Å². The highest BCUT2D eigenvalue weighted by Gasteiger charge is 2.20. The standard InChI is InChI=1S/C22H25N5O4/c1-14(2)17-11-18(20(30)12-19(17)29)21-23-24-22(31)27(21)16-5-3-15(4-6-16)26-9-7-25(13-28)8-10-26/h3-6,11-14,29-30H,7-10H2,1-2H3,(H,24,31). The molecule has 31 heavy (non-hydrogen) atoms. The normalized spacial score (nSPS) is 14.3. The summed E-state index contributed by atoms with van der Waals surface area (Å²) in [5.41, 5.74) is 2.18. The number of aromatic amines is 1. The molecular weight excluding hydrogens is 398 g/mol. The monoisotopic (exact) mass is 423 g/mol. The van der Waals surface area contributed by atoms with Gasteiger partial charge in [0, 0.05) is 37.9 Å². The van der Waals surface area contributed by atoms with Gasteiger partial charge in [0.1, 0.15) is 11.5 Å². The van der Waals surface area contributed by atoms with E-state index in [1.54, 1.807) is 11.0 Å². The van der Waals surface area contributed by atoms with Gasteiger partial charge >= 0.3 is 5.69 Å². The molecule has 0 bridgehead atoms. The van der Waals surface area contributed by atoms with Gasteiger partial charge in [-0.25, -0.2) is 14.5 Å². The van der Waals surface area contributed by atoms with Crippen LogP contribution in [0.4, 0.5) is 5.69 Å². The molecular formula is C22H25N5O4. The fourth-order valence-electron chi connectivity index (χ4n) is 3.85.